The van der Waals surface area contributed by atoms with E-state index in [-0.39, 0.29) is 5.91 Å². The van der Waals surface area contributed by atoms with Crippen LogP contribution in [0.2, 0.25) is 39.3 Å². The summed E-state index contributed by atoms with van der Waals surface area (Å²) in [5, 5.41) is 1.80. The highest BCUT2D eigenvalue weighted by atomic mass is 28.3. The molecule has 0 radical (unpaired) electrons. The second kappa shape index (κ2) is 4.71. The molecule has 1 aromatic rings. The van der Waals surface area contributed by atoms with Crippen LogP contribution in [-0.2, 0) is 0 Å². The van der Waals surface area contributed by atoms with Crippen molar-refractivity contribution in [1.82, 2.24) is 9.55 Å². The van der Waals surface area contributed by atoms with Gasteiger partial charge in [0.25, 0.3) is 0 Å². The average molecular weight is 298 g/mol. The molecule has 0 saturated carbocycles. The van der Waals surface area contributed by atoms with Gasteiger partial charge in [0.1, 0.15) is 5.82 Å². The first kappa shape index (κ1) is 15.8. The zero-order valence-electron chi connectivity index (χ0n) is 12.8. The molecular formula is C12H23N3O2Si2. The van der Waals surface area contributed by atoms with Gasteiger partial charge in [-0.15, -0.1) is 0 Å². The van der Waals surface area contributed by atoms with Crippen LogP contribution in [0.3, 0.4) is 0 Å². The first-order valence-corrected chi connectivity index (χ1v) is 13.3. The number of aromatic nitrogens is 2. The topological polar surface area (TPSA) is 78.0 Å². The summed E-state index contributed by atoms with van der Waals surface area (Å²) in [7, 11) is -3.70. The number of carbonyl (C=O) groups excluding carboxylic acids is 1. The van der Waals surface area contributed by atoms with Crippen LogP contribution in [0.15, 0.2) is 4.79 Å². The molecular weight excluding hydrogens is 274 g/mol. The molecule has 7 heteroatoms. The third kappa shape index (κ3) is 3.03. The Kier molecular flexibility index (Phi) is 3.93. The van der Waals surface area contributed by atoms with E-state index in [0.717, 1.165) is 10.5 Å². The zero-order chi connectivity index (χ0) is 15.2. The van der Waals surface area contributed by atoms with Gasteiger partial charge in [0, 0.05) is 12.2 Å². The van der Waals surface area contributed by atoms with Crippen LogP contribution in [0.25, 0.3) is 0 Å². The zero-order valence-corrected chi connectivity index (χ0v) is 14.8. The molecule has 0 atom stereocenters. The third-order valence-electron chi connectivity index (χ3n) is 2.90. The number of nitrogens with two attached hydrogens (primary N) is 1. The Hall–Kier alpha value is -1.22. The molecule has 19 heavy (non-hydrogen) atoms. The van der Waals surface area contributed by atoms with Crippen LogP contribution < -0.4 is 21.9 Å². The standard InChI is InChI=1S/C12H23N3O2Si2/c1-8(16)15-11(19(5,6)7)9(18(2,3)4)10(13)14-12(15)17/h1-7H3,(H2,13,14,17). The summed E-state index contributed by atoms with van der Waals surface area (Å²) in [5.41, 5.74) is 5.44. The number of anilines is 1. The van der Waals surface area contributed by atoms with E-state index in [1.54, 1.807) is 0 Å². The molecule has 106 valence electrons. The number of hydrogen-bond donors (Lipinski definition) is 1. The molecule has 1 heterocycles. The summed E-state index contributed by atoms with van der Waals surface area (Å²) in [4.78, 5) is 27.7. The van der Waals surface area contributed by atoms with Gasteiger partial charge < -0.3 is 5.73 Å². The van der Waals surface area contributed by atoms with E-state index >= 15 is 0 Å². The van der Waals surface area contributed by atoms with Gasteiger partial charge >= 0.3 is 5.69 Å². The summed E-state index contributed by atoms with van der Waals surface area (Å²) in [6.07, 6.45) is 0. The van der Waals surface area contributed by atoms with E-state index in [4.69, 9.17) is 5.73 Å². The Bertz CT molecular complexity index is 580. The third-order valence-corrected chi connectivity index (χ3v) is 7.04. The fraction of sp³-hybridized carbons (Fsp3) is 0.583. The van der Waals surface area contributed by atoms with Crippen molar-refractivity contribution in [3.63, 3.8) is 0 Å². The molecule has 0 aromatic carbocycles. The van der Waals surface area contributed by atoms with Gasteiger partial charge in [-0.1, -0.05) is 39.3 Å². The Morgan fingerprint density at radius 2 is 1.58 bits per heavy atom. The molecule has 0 aliphatic carbocycles. The lowest BCUT2D eigenvalue weighted by Crippen LogP contribution is -2.65. The van der Waals surface area contributed by atoms with Crippen molar-refractivity contribution in [2.24, 2.45) is 0 Å². The van der Waals surface area contributed by atoms with Gasteiger partial charge in [-0.2, -0.15) is 4.98 Å². The van der Waals surface area contributed by atoms with Gasteiger partial charge in [0.2, 0.25) is 5.91 Å². The lowest BCUT2D eigenvalue weighted by Gasteiger charge is -2.30. The van der Waals surface area contributed by atoms with Crippen molar-refractivity contribution in [3.05, 3.63) is 10.5 Å². The molecule has 1 rings (SSSR count). The van der Waals surface area contributed by atoms with Gasteiger partial charge in [-0.3, -0.25) is 4.79 Å². The van der Waals surface area contributed by atoms with E-state index in [0.29, 0.717) is 5.82 Å². The van der Waals surface area contributed by atoms with E-state index in [9.17, 15) is 9.59 Å². The molecule has 0 aliphatic heterocycles. The fourth-order valence-corrected chi connectivity index (χ4v) is 7.98. The SMILES string of the molecule is CC(=O)n1c([Si](C)(C)C)c([Si](C)(C)C)c(N)nc1=O. The largest absolute Gasteiger partial charge is 0.384 e. The summed E-state index contributed by atoms with van der Waals surface area (Å²) in [6.45, 7) is 14.2. The van der Waals surface area contributed by atoms with Crippen molar-refractivity contribution in [2.75, 3.05) is 5.73 Å². The Morgan fingerprint density at radius 1 is 1.11 bits per heavy atom. The van der Waals surface area contributed by atoms with Crippen LogP contribution in [0, 0.1) is 0 Å². The summed E-state index contributed by atoms with van der Waals surface area (Å²) in [6, 6.07) is 0. The average Bonchev–Trinajstić information content (AvgIpc) is 2.11. The molecule has 0 fully saturated rings. The molecule has 0 amide bonds. The highest BCUT2D eigenvalue weighted by molar-refractivity contribution is 6.98. The monoisotopic (exact) mass is 297 g/mol. The van der Waals surface area contributed by atoms with Crippen LogP contribution in [0.4, 0.5) is 5.82 Å². The van der Waals surface area contributed by atoms with Crippen molar-refractivity contribution in [3.8, 4) is 0 Å². The van der Waals surface area contributed by atoms with Crippen molar-refractivity contribution < 1.29 is 4.79 Å². The van der Waals surface area contributed by atoms with Gasteiger partial charge in [0.15, 0.2) is 0 Å². The highest BCUT2D eigenvalue weighted by Gasteiger charge is 2.34. The Balaban J connectivity index is 3.99. The lowest BCUT2D eigenvalue weighted by atomic mass is 10.5. The molecule has 2 N–H and O–H groups in total. The van der Waals surface area contributed by atoms with E-state index in [1.807, 2.05) is 0 Å². The van der Waals surface area contributed by atoms with Gasteiger partial charge in [0.05, 0.1) is 16.1 Å². The number of carbonyl (C=O) groups is 1. The van der Waals surface area contributed by atoms with Crippen LogP contribution in [0.1, 0.15) is 11.7 Å². The van der Waals surface area contributed by atoms with E-state index < -0.39 is 21.8 Å². The van der Waals surface area contributed by atoms with Crippen LogP contribution in [0.5, 0.6) is 0 Å². The Labute approximate surface area is 115 Å². The maximum absolute atomic E-state index is 12.0. The fourth-order valence-electron chi connectivity index (χ4n) is 2.28. The van der Waals surface area contributed by atoms with Gasteiger partial charge in [-0.25, -0.2) is 9.36 Å². The molecule has 1 aromatic heterocycles. The maximum Gasteiger partial charge on any atom is 0.356 e. The quantitative estimate of drug-likeness (QED) is 0.810. The Morgan fingerprint density at radius 3 is 1.89 bits per heavy atom. The first-order chi connectivity index (χ1) is 8.37. The predicted molar refractivity (Wildman–Crippen MR) is 85.2 cm³/mol. The summed E-state index contributed by atoms with van der Waals surface area (Å²) < 4.78 is 1.23. The van der Waals surface area contributed by atoms with E-state index in [2.05, 4.69) is 44.3 Å². The second-order valence-corrected chi connectivity index (χ2v) is 16.8. The van der Waals surface area contributed by atoms with Crippen LogP contribution >= 0.6 is 0 Å². The second-order valence-electron chi connectivity index (χ2n) is 6.86. The van der Waals surface area contributed by atoms with Crippen molar-refractivity contribution in [2.45, 2.75) is 46.2 Å². The van der Waals surface area contributed by atoms with E-state index in [1.165, 1.54) is 11.5 Å². The number of hydrogen-bond acceptors (Lipinski definition) is 4. The predicted octanol–water partition coefficient (Wildman–Crippen LogP) is 0.576. The smallest absolute Gasteiger partial charge is 0.356 e. The lowest BCUT2D eigenvalue weighted by molar-refractivity contribution is 0.0934. The molecule has 0 spiro atoms. The minimum Gasteiger partial charge on any atom is -0.384 e. The summed E-state index contributed by atoms with van der Waals surface area (Å²) >= 11 is 0. The van der Waals surface area contributed by atoms with Crippen LogP contribution in [-0.4, -0.2) is 31.6 Å². The highest BCUT2D eigenvalue weighted by Crippen LogP contribution is 2.09. The maximum atomic E-state index is 12.0. The molecule has 0 saturated heterocycles. The minimum atomic E-state index is -1.90. The number of nitrogens with zero attached hydrogens (tertiary/aromatic N) is 2. The molecule has 5 nitrogen and oxygen atoms in total. The van der Waals surface area contributed by atoms with Gasteiger partial charge in [-0.05, 0) is 5.19 Å². The van der Waals surface area contributed by atoms with Crippen molar-refractivity contribution in [1.29, 1.82) is 0 Å². The molecule has 0 bridgehead atoms. The first-order valence-electron chi connectivity index (χ1n) is 6.31. The normalized spacial score (nSPS) is 12.6. The van der Waals surface area contributed by atoms with Crippen molar-refractivity contribution >= 4 is 38.4 Å². The molecule has 0 aliphatic rings. The molecule has 0 unspecified atom stereocenters. The minimum absolute atomic E-state index is 0.283. The number of nitrogen functional groups attached to an aromatic ring is 1. The number of rotatable bonds is 2. The summed E-state index contributed by atoms with van der Waals surface area (Å²) in [5.74, 6) is 0.0218.